The first-order chi connectivity index (χ1) is 10.6. The summed E-state index contributed by atoms with van der Waals surface area (Å²) in [5.41, 5.74) is 7.96. The molecule has 0 unspecified atom stereocenters. The Bertz CT molecular complexity index is 844. The van der Waals surface area contributed by atoms with Gasteiger partial charge in [-0.3, -0.25) is 9.59 Å². The molecule has 0 saturated carbocycles. The van der Waals surface area contributed by atoms with E-state index >= 15 is 0 Å². The average Bonchev–Trinajstić information content (AvgIpc) is 3.03. The van der Waals surface area contributed by atoms with Crippen LogP contribution in [0.2, 0.25) is 0 Å². The van der Waals surface area contributed by atoms with Gasteiger partial charge >= 0.3 is 0 Å². The number of hydrogen-bond acceptors (Lipinski definition) is 5. The Hall–Kier alpha value is -3.02. The van der Waals surface area contributed by atoms with Crippen LogP contribution in [-0.2, 0) is 0 Å². The zero-order valence-corrected chi connectivity index (χ0v) is 11.8. The SMILES string of the molecule is Cc1cc2c(cc1N1C(=O)c3cccc(N)c3C1=O)OCO2. The second-order valence-electron chi connectivity index (χ2n) is 5.21. The minimum absolute atomic E-state index is 0.132. The van der Waals surface area contributed by atoms with Crippen LogP contribution in [0.25, 0.3) is 0 Å². The number of fused-ring (bicyclic) bond motifs is 2. The first-order valence-corrected chi connectivity index (χ1v) is 6.75. The number of benzene rings is 2. The lowest BCUT2D eigenvalue weighted by molar-refractivity contribution is 0.0926. The molecule has 2 aliphatic rings. The molecule has 0 spiro atoms. The first kappa shape index (κ1) is 12.7. The Kier molecular flexibility index (Phi) is 2.45. The van der Waals surface area contributed by atoms with Gasteiger partial charge in [0.15, 0.2) is 11.5 Å². The van der Waals surface area contributed by atoms with Crippen molar-refractivity contribution in [2.45, 2.75) is 6.92 Å². The third kappa shape index (κ3) is 1.54. The molecule has 2 aromatic rings. The van der Waals surface area contributed by atoms with Crippen LogP contribution in [-0.4, -0.2) is 18.6 Å². The first-order valence-electron chi connectivity index (χ1n) is 6.75. The van der Waals surface area contributed by atoms with Gasteiger partial charge in [0, 0.05) is 11.8 Å². The highest BCUT2D eigenvalue weighted by molar-refractivity contribution is 6.36. The summed E-state index contributed by atoms with van der Waals surface area (Å²) in [6.07, 6.45) is 0. The molecule has 2 N–H and O–H groups in total. The second-order valence-corrected chi connectivity index (χ2v) is 5.21. The summed E-state index contributed by atoms with van der Waals surface area (Å²) in [5, 5.41) is 0. The Labute approximate surface area is 126 Å². The third-order valence-electron chi connectivity index (χ3n) is 3.88. The quantitative estimate of drug-likeness (QED) is 0.644. The fourth-order valence-electron chi connectivity index (χ4n) is 2.80. The van der Waals surface area contributed by atoms with Crippen molar-refractivity contribution < 1.29 is 19.1 Å². The van der Waals surface area contributed by atoms with Gasteiger partial charge in [-0.2, -0.15) is 0 Å². The molecule has 4 rings (SSSR count). The summed E-state index contributed by atoms with van der Waals surface area (Å²) in [5.74, 6) is 0.330. The molecule has 6 heteroatoms. The number of ether oxygens (including phenoxy) is 2. The molecule has 22 heavy (non-hydrogen) atoms. The zero-order chi connectivity index (χ0) is 15.4. The lowest BCUT2D eigenvalue weighted by atomic mass is 10.1. The highest BCUT2D eigenvalue weighted by atomic mass is 16.7. The van der Waals surface area contributed by atoms with Gasteiger partial charge < -0.3 is 15.2 Å². The highest BCUT2D eigenvalue weighted by Crippen LogP contribution is 2.41. The number of anilines is 2. The number of aryl methyl sites for hydroxylation is 1. The van der Waals surface area contributed by atoms with Gasteiger partial charge in [-0.25, -0.2) is 4.90 Å². The fourth-order valence-corrected chi connectivity index (χ4v) is 2.80. The van der Waals surface area contributed by atoms with Crippen LogP contribution in [0.15, 0.2) is 30.3 Å². The van der Waals surface area contributed by atoms with Crippen molar-refractivity contribution in [3.8, 4) is 11.5 Å². The summed E-state index contributed by atoms with van der Waals surface area (Å²) in [6, 6.07) is 8.28. The standard InChI is InChI=1S/C16H12N2O4/c1-8-5-12-13(22-7-21-12)6-11(8)18-15(19)9-3-2-4-10(17)14(9)16(18)20/h2-6H,7,17H2,1H3. The van der Waals surface area contributed by atoms with Crippen LogP contribution in [0, 0.1) is 6.92 Å². The lowest BCUT2D eigenvalue weighted by Gasteiger charge is -2.17. The summed E-state index contributed by atoms with van der Waals surface area (Å²) < 4.78 is 10.6. The third-order valence-corrected chi connectivity index (χ3v) is 3.88. The van der Waals surface area contributed by atoms with E-state index < -0.39 is 5.91 Å². The van der Waals surface area contributed by atoms with Crippen molar-refractivity contribution in [3.05, 3.63) is 47.0 Å². The molecule has 2 aromatic carbocycles. The maximum absolute atomic E-state index is 12.6. The number of carbonyl (C=O) groups excluding carboxylic acids is 2. The molecule has 0 radical (unpaired) electrons. The van der Waals surface area contributed by atoms with E-state index in [0.717, 1.165) is 10.5 Å². The fraction of sp³-hybridized carbons (Fsp3) is 0.125. The minimum Gasteiger partial charge on any atom is -0.454 e. The van der Waals surface area contributed by atoms with Gasteiger partial charge in [0.2, 0.25) is 6.79 Å². The molecule has 0 aliphatic carbocycles. The maximum Gasteiger partial charge on any atom is 0.268 e. The van der Waals surface area contributed by atoms with E-state index in [1.807, 2.05) is 6.92 Å². The molecule has 2 aliphatic heterocycles. The molecule has 6 nitrogen and oxygen atoms in total. The van der Waals surface area contributed by atoms with Gasteiger partial charge in [0.1, 0.15) is 0 Å². The number of nitrogens with two attached hydrogens (primary N) is 1. The number of nitrogens with zero attached hydrogens (tertiary/aromatic N) is 1. The van der Waals surface area contributed by atoms with Gasteiger partial charge in [-0.15, -0.1) is 0 Å². The van der Waals surface area contributed by atoms with E-state index in [-0.39, 0.29) is 18.3 Å². The summed E-state index contributed by atoms with van der Waals surface area (Å²) in [4.78, 5) is 26.4. The average molecular weight is 296 g/mol. The second kappa shape index (κ2) is 4.24. The predicted octanol–water partition coefficient (Wildman–Crippen LogP) is 2.11. The van der Waals surface area contributed by atoms with E-state index in [9.17, 15) is 9.59 Å². The Morgan fingerprint density at radius 1 is 1.09 bits per heavy atom. The molecule has 0 atom stereocenters. The number of rotatable bonds is 1. The monoisotopic (exact) mass is 296 g/mol. The topological polar surface area (TPSA) is 81.9 Å². The van der Waals surface area contributed by atoms with Crippen molar-refractivity contribution in [1.82, 2.24) is 0 Å². The van der Waals surface area contributed by atoms with E-state index in [0.29, 0.717) is 28.4 Å². The van der Waals surface area contributed by atoms with Crippen molar-refractivity contribution >= 4 is 23.2 Å². The van der Waals surface area contributed by atoms with E-state index in [2.05, 4.69) is 0 Å². The zero-order valence-electron chi connectivity index (χ0n) is 11.8. The Balaban J connectivity index is 1.87. The van der Waals surface area contributed by atoms with Crippen LogP contribution in [0.4, 0.5) is 11.4 Å². The molecule has 0 fully saturated rings. The maximum atomic E-state index is 12.6. The van der Waals surface area contributed by atoms with Gasteiger partial charge in [-0.05, 0) is 30.7 Å². The summed E-state index contributed by atoms with van der Waals surface area (Å²) >= 11 is 0. The highest BCUT2D eigenvalue weighted by Gasteiger charge is 2.39. The molecule has 0 aromatic heterocycles. The molecule has 110 valence electrons. The normalized spacial score (nSPS) is 15.4. The molecule has 0 bridgehead atoms. The van der Waals surface area contributed by atoms with Crippen molar-refractivity contribution in [2.24, 2.45) is 0 Å². The largest absolute Gasteiger partial charge is 0.454 e. The van der Waals surface area contributed by atoms with E-state index in [4.69, 9.17) is 15.2 Å². The summed E-state index contributed by atoms with van der Waals surface area (Å²) in [7, 11) is 0. The number of amides is 2. The van der Waals surface area contributed by atoms with Gasteiger partial charge in [0.25, 0.3) is 11.8 Å². The lowest BCUT2D eigenvalue weighted by Crippen LogP contribution is -2.30. The molecular weight excluding hydrogens is 284 g/mol. The van der Waals surface area contributed by atoms with Crippen LogP contribution in [0.3, 0.4) is 0 Å². The van der Waals surface area contributed by atoms with Crippen LogP contribution in [0.5, 0.6) is 11.5 Å². The Morgan fingerprint density at radius 2 is 1.82 bits per heavy atom. The molecular formula is C16H12N2O4. The Morgan fingerprint density at radius 3 is 2.55 bits per heavy atom. The molecule has 2 amide bonds. The van der Waals surface area contributed by atoms with Crippen molar-refractivity contribution in [2.75, 3.05) is 17.4 Å². The smallest absolute Gasteiger partial charge is 0.268 e. The van der Waals surface area contributed by atoms with Crippen molar-refractivity contribution in [3.63, 3.8) is 0 Å². The minimum atomic E-state index is -0.417. The number of carbonyl (C=O) groups is 2. The van der Waals surface area contributed by atoms with Crippen LogP contribution in [0.1, 0.15) is 26.3 Å². The van der Waals surface area contributed by atoms with Gasteiger partial charge in [0.05, 0.1) is 16.8 Å². The number of imide groups is 1. The predicted molar refractivity (Wildman–Crippen MR) is 79.3 cm³/mol. The number of hydrogen-bond donors (Lipinski definition) is 1. The van der Waals surface area contributed by atoms with Gasteiger partial charge in [-0.1, -0.05) is 6.07 Å². The van der Waals surface area contributed by atoms with Crippen LogP contribution >= 0.6 is 0 Å². The van der Waals surface area contributed by atoms with E-state index in [1.165, 1.54) is 0 Å². The van der Waals surface area contributed by atoms with Crippen molar-refractivity contribution in [1.29, 1.82) is 0 Å². The molecule has 2 heterocycles. The van der Waals surface area contributed by atoms with E-state index in [1.54, 1.807) is 30.3 Å². The van der Waals surface area contributed by atoms with Crippen LogP contribution < -0.4 is 20.1 Å². The number of nitrogen functional groups attached to an aromatic ring is 1. The molecule has 0 saturated heterocycles. The summed E-state index contributed by atoms with van der Waals surface area (Å²) in [6.45, 7) is 1.94.